The summed E-state index contributed by atoms with van der Waals surface area (Å²) >= 11 is 0. The summed E-state index contributed by atoms with van der Waals surface area (Å²) in [7, 11) is 5.37. The highest BCUT2D eigenvalue weighted by Gasteiger charge is 2.35. The molecule has 0 saturated carbocycles. The maximum Gasteiger partial charge on any atom is 0.337 e. The molecule has 1 aromatic rings. The number of nitrogens with zero attached hydrogens (tertiary/aromatic N) is 3. The van der Waals surface area contributed by atoms with Gasteiger partial charge in [-0.3, -0.25) is 0 Å². The van der Waals surface area contributed by atoms with Gasteiger partial charge in [-0.2, -0.15) is 0 Å². The van der Waals surface area contributed by atoms with Crippen LogP contribution >= 0.6 is 0 Å². The normalized spacial score (nSPS) is 15.8. The number of hydrogen-bond donors (Lipinski definition) is 1. The molecule has 1 fully saturated rings. The minimum Gasteiger partial charge on any atom is -0.465 e. The first-order valence-electron chi connectivity index (χ1n) is 10.2. The molecule has 160 valence electrons. The highest BCUT2D eigenvalue weighted by Crippen LogP contribution is 2.36. The monoisotopic (exact) mass is 402 g/mol. The fourth-order valence-corrected chi connectivity index (χ4v) is 3.74. The van der Waals surface area contributed by atoms with Gasteiger partial charge in [-0.15, -0.1) is 0 Å². The van der Waals surface area contributed by atoms with Crippen LogP contribution in [0.1, 0.15) is 35.2 Å². The van der Waals surface area contributed by atoms with Crippen molar-refractivity contribution in [3.8, 4) is 0 Å². The zero-order valence-corrected chi connectivity index (χ0v) is 17.9. The van der Waals surface area contributed by atoms with Gasteiger partial charge >= 0.3 is 12.0 Å². The number of likely N-dealkylation sites (tertiary alicyclic amines) is 1. The minimum atomic E-state index is -0.319. The summed E-state index contributed by atoms with van der Waals surface area (Å²) in [5.41, 5.74) is 1.82. The molecule has 0 bridgehead atoms. The van der Waals surface area contributed by atoms with Crippen LogP contribution in [0.25, 0.3) is 0 Å². The van der Waals surface area contributed by atoms with Crippen molar-refractivity contribution >= 4 is 18.7 Å². The topological polar surface area (TPSA) is 74.2 Å². The first kappa shape index (κ1) is 22.9. The van der Waals surface area contributed by atoms with Gasteiger partial charge in [0.15, 0.2) is 0 Å². The Morgan fingerprint density at radius 3 is 2.45 bits per heavy atom. The maximum absolute atomic E-state index is 12.4. The summed E-state index contributed by atoms with van der Waals surface area (Å²) in [5, 5.41) is 2.99. The van der Waals surface area contributed by atoms with Crippen LogP contribution in [0.5, 0.6) is 0 Å². The van der Waals surface area contributed by atoms with E-state index in [1.54, 1.807) is 12.1 Å². The molecule has 1 aromatic carbocycles. The second kappa shape index (κ2) is 11.0. The number of benzene rings is 1. The maximum atomic E-state index is 12.4. The number of carbonyl (C=O) groups is 2. The van der Waals surface area contributed by atoms with Crippen LogP contribution in [-0.2, 0) is 11.2 Å². The van der Waals surface area contributed by atoms with Crippen LogP contribution in [0.15, 0.2) is 29.3 Å². The van der Waals surface area contributed by atoms with E-state index in [1.807, 2.05) is 31.1 Å². The van der Waals surface area contributed by atoms with Gasteiger partial charge in [0.05, 0.1) is 12.7 Å². The van der Waals surface area contributed by atoms with Gasteiger partial charge in [0.2, 0.25) is 0 Å². The standard InChI is InChI=1S/C22H34N4O3/c1-23-17-22(10-9-18-5-7-19(8-6-18)20(27)29-4)11-14-26(15-12-22)21(28)24-13-16-25(2)3/h5-8H,1,9-17H2,2-4H3,(H,24,28). The number of esters is 1. The summed E-state index contributed by atoms with van der Waals surface area (Å²) in [6.07, 6.45) is 3.74. The number of likely N-dealkylation sites (N-methyl/N-ethyl adjacent to an activating group) is 1. The summed E-state index contributed by atoms with van der Waals surface area (Å²) in [4.78, 5) is 32.1. The number of urea groups is 1. The van der Waals surface area contributed by atoms with Crippen molar-refractivity contribution in [3.05, 3.63) is 35.4 Å². The lowest BCUT2D eigenvalue weighted by Crippen LogP contribution is -2.49. The molecule has 1 aliphatic heterocycles. The summed E-state index contributed by atoms with van der Waals surface area (Å²) < 4.78 is 4.75. The molecule has 0 aliphatic carbocycles. The average molecular weight is 403 g/mol. The van der Waals surface area contributed by atoms with Crippen molar-refractivity contribution in [1.29, 1.82) is 0 Å². The minimum absolute atomic E-state index is 0.0189. The third-order valence-corrected chi connectivity index (χ3v) is 5.71. The molecule has 29 heavy (non-hydrogen) atoms. The highest BCUT2D eigenvalue weighted by atomic mass is 16.5. The molecular weight excluding hydrogens is 368 g/mol. The fourth-order valence-electron chi connectivity index (χ4n) is 3.74. The lowest BCUT2D eigenvalue weighted by Gasteiger charge is -2.41. The molecule has 7 heteroatoms. The molecule has 1 N–H and O–H groups in total. The molecule has 1 heterocycles. The first-order chi connectivity index (χ1) is 13.9. The predicted octanol–water partition coefficient (Wildman–Crippen LogP) is 2.46. The number of aryl methyl sites for hydroxylation is 1. The van der Waals surface area contributed by atoms with E-state index in [0.29, 0.717) is 18.7 Å². The lowest BCUT2D eigenvalue weighted by molar-refractivity contribution is 0.0600. The second-order valence-electron chi connectivity index (χ2n) is 8.09. The number of aliphatic imine (C=N–C) groups is 1. The molecule has 1 aliphatic rings. The zero-order valence-electron chi connectivity index (χ0n) is 17.9. The van der Waals surface area contributed by atoms with Crippen molar-refractivity contribution in [2.45, 2.75) is 25.7 Å². The number of ether oxygens (including phenoxy) is 1. The van der Waals surface area contributed by atoms with Crippen molar-refractivity contribution in [3.63, 3.8) is 0 Å². The first-order valence-corrected chi connectivity index (χ1v) is 10.2. The van der Waals surface area contributed by atoms with Crippen LogP contribution < -0.4 is 5.32 Å². The van der Waals surface area contributed by atoms with Crippen LogP contribution in [0.2, 0.25) is 0 Å². The smallest absolute Gasteiger partial charge is 0.337 e. The van der Waals surface area contributed by atoms with E-state index >= 15 is 0 Å². The number of carbonyl (C=O) groups excluding carboxylic acids is 2. The van der Waals surface area contributed by atoms with E-state index in [-0.39, 0.29) is 17.4 Å². The number of rotatable bonds is 9. The largest absolute Gasteiger partial charge is 0.465 e. The van der Waals surface area contributed by atoms with Crippen molar-refractivity contribution in [2.24, 2.45) is 10.4 Å². The molecule has 2 rings (SSSR count). The lowest BCUT2D eigenvalue weighted by atomic mass is 9.74. The third kappa shape index (κ3) is 6.85. The van der Waals surface area contributed by atoms with E-state index in [2.05, 4.69) is 21.9 Å². The summed E-state index contributed by atoms with van der Waals surface area (Å²) in [6, 6.07) is 7.59. The Morgan fingerprint density at radius 1 is 1.24 bits per heavy atom. The Hall–Kier alpha value is -2.41. The Bertz CT molecular complexity index is 680. The van der Waals surface area contributed by atoms with Crippen molar-refractivity contribution in [2.75, 3.05) is 53.9 Å². The second-order valence-corrected chi connectivity index (χ2v) is 8.09. The molecule has 2 amide bonds. The number of nitrogens with one attached hydrogen (secondary N) is 1. The molecule has 7 nitrogen and oxygen atoms in total. The van der Waals surface area contributed by atoms with Crippen LogP contribution in [0.3, 0.4) is 0 Å². The molecule has 0 aromatic heterocycles. The molecule has 1 saturated heterocycles. The average Bonchev–Trinajstić information content (AvgIpc) is 2.72. The van der Waals surface area contributed by atoms with Crippen molar-refractivity contribution < 1.29 is 14.3 Å². The molecule has 0 spiro atoms. The van der Waals surface area contributed by atoms with E-state index < -0.39 is 0 Å². The van der Waals surface area contributed by atoms with Gasteiger partial charge in [-0.25, -0.2) is 9.59 Å². The molecular formula is C22H34N4O3. The van der Waals surface area contributed by atoms with E-state index in [9.17, 15) is 9.59 Å². The van der Waals surface area contributed by atoms with Crippen LogP contribution in [0, 0.1) is 5.41 Å². The van der Waals surface area contributed by atoms with E-state index in [4.69, 9.17) is 4.74 Å². The van der Waals surface area contributed by atoms with Gasteiger partial charge in [0.1, 0.15) is 0 Å². The summed E-state index contributed by atoms with van der Waals surface area (Å²) in [5.74, 6) is -0.319. The van der Waals surface area contributed by atoms with Gasteiger partial charge in [-0.05, 0) is 69.6 Å². The zero-order chi connectivity index (χ0) is 21.3. The number of amides is 2. The quantitative estimate of drug-likeness (QED) is 0.509. The van der Waals surface area contributed by atoms with Gasteiger partial charge in [0, 0.05) is 32.7 Å². The molecule has 0 atom stereocenters. The van der Waals surface area contributed by atoms with E-state index in [0.717, 1.165) is 45.3 Å². The highest BCUT2D eigenvalue weighted by molar-refractivity contribution is 5.89. The Labute approximate surface area is 174 Å². The third-order valence-electron chi connectivity index (χ3n) is 5.71. The number of hydrogen-bond acceptors (Lipinski definition) is 5. The summed E-state index contributed by atoms with van der Waals surface area (Å²) in [6.45, 7) is 7.39. The fraction of sp³-hybridized carbons (Fsp3) is 0.591. The Morgan fingerprint density at radius 2 is 1.90 bits per heavy atom. The Balaban J connectivity index is 1.88. The van der Waals surface area contributed by atoms with Gasteiger partial charge in [0.25, 0.3) is 0 Å². The van der Waals surface area contributed by atoms with Gasteiger partial charge in [-0.1, -0.05) is 12.1 Å². The predicted molar refractivity (Wildman–Crippen MR) is 116 cm³/mol. The number of piperidine rings is 1. The number of methoxy groups -OCH3 is 1. The molecule has 0 unspecified atom stereocenters. The van der Waals surface area contributed by atoms with Crippen molar-refractivity contribution in [1.82, 2.24) is 15.1 Å². The van der Waals surface area contributed by atoms with E-state index in [1.165, 1.54) is 12.7 Å². The Kier molecular flexibility index (Phi) is 8.64. The van der Waals surface area contributed by atoms with Crippen LogP contribution in [0.4, 0.5) is 4.79 Å². The molecule has 0 radical (unpaired) electrons. The van der Waals surface area contributed by atoms with Crippen LogP contribution in [-0.4, -0.2) is 82.4 Å². The van der Waals surface area contributed by atoms with Gasteiger partial charge < -0.3 is 24.8 Å². The SMILES string of the molecule is C=NCC1(CCc2ccc(C(=O)OC)cc2)CCN(C(=O)NCCN(C)C)CC1.